The molecule has 1 unspecified atom stereocenters. The summed E-state index contributed by atoms with van der Waals surface area (Å²) in [4.78, 5) is 30.6. The maximum atomic E-state index is 12.5. The predicted molar refractivity (Wildman–Crippen MR) is 134 cm³/mol. The third-order valence-corrected chi connectivity index (χ3v) is 6.43. The van der Waals surface area contributed by atoms with Crippen molar-refractivity contribution in [2.45, 2.75) is 39.0 Å². The van der Waals surface area contributed by atoms with Crippen LogP contribution in [0.2, 0.25) is 0 Å². The van der Waals surface area contributed by atoms with Crippen LogP contribution in [0.4, 0.5) is 5.69 Å². The molecule has 176 valence electrons. The zero-order valence-corrected chi connectivity index (χ0v) is 19.9. The minimum absolute atomic E-state index is 0.216. The summed E-state index contributed by atoms with van der Waals surface area (Å²) in [5.74, 6) is 0.217. The lowest BCUT2D eigenvalue weighted by atomic mass is 10.1. The van der Waals surface area contributed by atoms with E-state index in [1.54, 1.807) is 17.4 Å². The molecular weight excluding hydrogens is 448 g/mol. The number of likely N-dealkylation sites (tertiary alicyclic amines) is 1. The summed E-state index contributed by atoms with van der Waals surface area (Å²) in [5.41, 5.74) is 9.01. The first kappa shape index (κ1) is 23.7. The topological polar surface area (TPSA) is 97.6 Å². The van der Waals surface area contributed by atoms with Crippen molar-refractivity contribution < 1.29 is 14.3 Å². The molecular formula is C26H28N4O3S. The first-order valence-electron chi connectivity index (χ1n) is 11.2. The van der Waals surface area contributed by atoms with E-state index in [9.17, 15) is 9.59 Å². The van der Waals surface area contributed by atoms with Crippen molar-refractivity contribution in [2.75, 3.05) is 11.9 Å². The van der Waals surface area contributed by atoms with Gasteiger partial charge in [-0.3, -0.25) is 14.5 Å². The van der Waals surface area contributed by atoms with Crippen LogP contribution in [0.1, 0.15) is 34.7 Å². The number of primary amides is 1. The SMILES string of the molecule is Cc1nc(COc2cccc(/C=C/C(=O)Nc3cccc(CN4CCCC4C(N)=O)c3)c2)cs1. The molecule has 1 atom stereocenters. The van der Waals surface area contributed by atoms with Crippen LogP contribution >= 0.6 is 11.3 Å². The largest absolute Gasteiger partial charge is 0.487 e. The normalized spacial score (nSPS) is 16.1. The van der Waals surface area contributed by atoms with E-state index in [0.717, 1.165) is 47.0 Å². The predicted octanol–water partition coefficient (Wildman–Crippen LogP) is 4.13. The highest BCUT2D eigenvalue weighted by atomic mass is 32.1. The lowest BCUT2D eigenvalue weighted by Gasteiger charge is -2.22. The second kappa shape index (κ2) is 11.1. The van der Waals surface area contributed by atoms with Crippen LogP contribution in [-0.2, 0) is 22.7 Å². The van der Waals surface area contributed by atoms with Crippen molar-refractivity contribution in [1.29, 1.82) is 0 Å². The second-order valence-electron chi connectivity index (χ2n) is 8.27. The van der Waals surface area contributed by atoms with E-state index in [0.29, 0.717) is 18.8 Å². The van der Waals surface area contributed by atoms with Crippen LogP contribution in [0.5, 0.6) is 5.75 Å². The maximum absolute atomic E-state index is 12.5. The Kier molecular flexibility index (Phi) is 7.72. The zero-order chi connectivity index (χ0) is 23.9. The number of thiazole rings is 1. The number of nitrogens with zero attached hydrogens (tertiary/aromatic N) is 2. The van der Waals surface area contributed by atoms with Gasteiger partial charge in [0, 0.05) is 23.7 Å². The Bertz CT molecular complexity index is 1190. The number of carbonyl (C=O) groups excluding carboxylic acids is 2. The Morgan fingerprint density at radius 3 is 2.91 bits per heavy atom. The van der Waals surface area contributed by atoms with Gasteiger partial charge in [0.15, 0.2) is 0 Å². The maximum Gasteiger partial charge on any atom is 0.248 e. The van der Waals surface area contributed by atoms with E-state index in [2.05, 4.69) is 15.2 Å². The summed E-state index contributed by atoms with van der Waals surface area (Å²) < 4.78 is 5.82. The molecule has 1 aliphatic rings. The smallest absolute Gasteiger partial charge is 0.248 e. The lowest BCUT2D eigenvalue weighted by molar-refractivity contribution is -0.122. The zero-order valence-electron chi connectivity index (χ0n) is 19.1. The first-order chi connectivity index (χ1) is 16.5. The summed E-state index contributed by atoms with van der Waals surface area (Å²) >= 11 is 1.60. The Labute approximate surface area is 203 Å². The number of aromatic nitrogens is 1. The van der Waals surface area contributed by atoms with Crippen LogP contribution in [0.15, 0.2) is 60.0 Å². The number of carbonyl (C=O) groups is 2. The van der Waals surface area contributed by atoms with Crippen LogP contribution < -0.4 is 15.8 Å². The van der Waals surface area contributed by atoms with E-state index < -0.39 is 0 Å². The summed E-state index contributed by atoms with van der Waals surface area (Å²) in [5, 5.41) is 5.90. The molecule has 0 aliphatic carbocycles. The number of benzene rings is 2. The van der Waals surface area contributed by atoms with Gasteiger partial charge in [0.25, 0.3) is 0 Å². The fourth-order valence-corrected chi connectivity index (χ4v) is 4.61. The van der Waals surface area contributed by atoms with Crippen LogP contribution in [0, 0.1) is 6.92 Å². The van der Waals surface area contributed by atoms with Crippen molar-refractivity contribution in [1.82, 2.24) is 9.88 Å². The van der Waals surface area contributed by atoms with Gasteiger partial charge in [0.1, 0.15) is 12.4 Å². The van der Waals surface area contributed by atoms with Crippen molar-refractivity contribution >= 4 is 34.9 Å². The van der Waals surface area contributed by atoms with Gasteiger partial charge in [-0.05, 0) is 67.8 Å². The minimum atomic E-state index is -0.278. The number of rotatable bonds is 9. The number of amides is 2. The molecule has 1 saturated heterocycles. The van der Waals surface area contributed by atoms with Gasteiger partial charge in [0.05, 0.1) is 16.7 Å². The number of aryl methyl sites for hydroxylation is 1. The third-order valence-electron chi connectivity index (χ3n) is 5.61. The Hall–Kier alpha value is -3.49. The fourth-order valence-electron chi connectivity index (χ4n) is 4.02. The third kappa shape index (κ3) is 6.52. The number of ether oxygens (including phenoxy) is 1. The van der Waals surface area contributed by atoms with Gasteiger partial charge in [0.2, 0.25) is 11.8 Å². The monoisotopic (exact) mass is 476 g/mol. The van der Waals surface area contributed by atoms with Gasteiger partial charge in [-0.2, -0.15) is 0 Å². The van der Waals surface area contributed by atoms with Crippen molar-refractivity contribution in [2.24, 2.45) is 5.73 Å². The van der Waals surface area contributed by atoms with Gasteiger partial charge < -0.3 is 15.8 Å². The quantitative estimate of drug-likeness (QED) is 0.453. The number of hydrogen-bond acceptors (Lipinski definition) is 6. The second-order valence-corrected chi connectivity index (χ2v) is 9.34. The van der Waals surface area contributed by atoms with Gasteiger partial charge >= 0.3 is 0 Å². The summed E-state index contributed by atoms with van der Waals surface area (Å²) in [7, 11) is 0. The molecule has 3 N–H and O–H groups in total. The van der Waals surface area contributed by atoms with Crippen molar-refractivity contribution in [3.63, 3.8) is 0 Å². The number of hydrogen-bond donors (Lipinski definition) is 2. The molecule has 3 aromatic rings. The molecule has 2 heterocycles. The molecule has 2 amide bonds. The van der Waals surface area contributed by atoms with Crippen LogP contribution in [0.3, 0.4) is 0 Å². The number of nitrogens with one attached hydrogen (secondary N) is 1. The highest BCUT2D eigenvalue weighted by Gasteiger charge is 2.28. The van der Waals surface area contributed by atoms with Gasteiger partial charge in [-0.15, -0.1) is 11.3 Å². The lowest BCUT2D eigenvalue weighted by Crippen LogP contribution is -2.39. The van der Waals surface area contributed by atoms with E-state index in [1.807, 2.05) is 60.8 Å². The highest BCUT2D eigenvalue weighted by Crippen LogP contribution is 2.21. The molecule has 0 radical (unpaired) electrons. The molecule has 7 nitrogen and oxygen atoms in total. The Balaban J connectivity index is 1.32. The highest BCUT2D eigenvalue weighted by molar-refractivity contribution is 7.09. The summed E-state index contributed by atoms with van der Waals surface area (Å²) in [6, 6.07) is 15.0. The molecule has 4 rings (SSSR count). The van der Waals surface area contributed by atoms with Crippen molar-refractivity contribution in [3.8, 4) is 5.75 Å². The van der Waals surface area contributed by atoms with Gasteiger partial charge in [-0.25, -0.2) is 4.98 Å². The molecule has 0 spiro atoms. The van der Waals surface area contributed by atoms with E-state index in [-0.39, 0.29) is 17.9 Å². The number of nitrogens with two attached hydrogens (primary N) is 1. The van der Waals surface area contributed by atoms with Crippen LogP contribution in [-0.4, -0.2) is 34.3 Å². The molecule has 1 aromatic heterocycles. The average Bonchev–Trinajstić information content (AvgIpc) is 3.46. The molecule has 1 aliphatic heterocycles. The molecule has 8 heteroatoms. The summed E-state index contributed by atoms with van der Waals surface area (Å²) in [6.45, 7) is 3.85. The summed E-state index contributed by atoms with van der Waals surface area (Å²) in [6.07, 6.45) is 5.01. The Morgan fingerprint density at radius 1 is 1.26 bits per heavy atom. The Morgan fingerprint density at radius 2 is 2.12 bits per heavy atom. The van der Waals surface area contributed by atoms with E-state index >= 15 is 0 Å². The first-order valence-corrected chi connectivity index (χ1v) is 12.1. The fraction of sp³-hybridized carbons (Fsp3) is 0.269. The standard InChI is InChI=1S/C26H28N4O3S/c1-18-28-22(17-34-18)16-33-23-8-3-5-19(14-23)10-11-25(31)29-21-7-2-6-20(13-21)15-30-12-4-9-24(30)26(27)32/h2-3,5-8,10-11,13-14,17,24H,4,9,12,15-16H2,1H3,(H2,27,32)(H,29,31)/b11-10+. The number of anilines is 1. The van der Waals surface area contributed by atoms with Gasteiger partial charge in [-0.1, -0.05) is 24.3 Å². The molecule has 0 bridgehead atoms. The van der Waals surface area contributed by atoms with E-state index in [1.165, 1.54) is 6.08 Å². The molecule has 2 aromatic carbocycles. The van der Waals surface area contributed by atoms with Crippen LogP contribution in [0.25, 0.3) is 6.08 Å². The van der Waals surface area contributed by atoms with Crippen molar-refractivity contribution in [3.05, 3.63) is 81.8 Å². The average molecular weight is 477 g/mol. The molecule has 0 saturated carbocycles. The van der Waals surface area contributed by atoms with E-state index in [4.69, 9.17) is 10.5 Å². The molecule has 34 heavy (non-hydrogen) atoms. The molecule has 1 fully saturated rings. The minimum Gasteiger partial charge on any atom is -0.487 e.